The van der Waals surface area contributed by atoms with Gasteiger partial charge in [0.15, 0.2) is 0 Å². The van der Waals surface area contributed by atoms with Crippen LogP contribution in [0.3, 0.4) is 0 Å². The van der Waals surface area contributed by atoms with Gasteiger partial charge in [-0.05, 0) is 18.9 Å². The Morgan fingerprint density at radius 1 is 1.09 bits per heavy atom. The first-order valence-corrected chi connectivity index (χ1v) is 6.91. The van der Waals surface area contributed by atoms with Crippen molar-refractivity contribution in [3.63, 3.8) is 0 Å². The van der Waals surface area contributed by atoms with Crippen LogP contribution in [0.25, 0.3) is 11.3 Å². The van der Waals surface area contributed by atoms with Crippen LogP contribution < -0.4 is 5.32 Å². The fourth-order valence-corrected chi connectivity index (χ4v) is 2.52. The van der Waals surface area contributed by atoms with Crippen molar-refractivity contribution in [2.24, 2.45) is 0 Å². The zero-order valence-electron chi connectivity index (χ0n) is 11.6. The van der Waals surface area contributed by atoms with Gasteiger partial charge in [-0.3, -0.25) is 9.78 Å². The van der Waals surface area contributed by atoms with Crippen LogP contribution in [0.4, 0.5) is 18.9 Å². The van der Waals surface area contributed by atoms with Crippen LogP contribution >= 0.6 is 0 Å². The highest BCUT2D eigenvalue weighted by Gasteiger charge is 2.36. The van der Waals surface area contributed by atoms with Gasteiger partial charge in [0.05, 0.1) is 22.6 Å². The molecule has 3 nitrogen and oxygen atoms in total. The molecule has 1 aromatic heterocycles. The lowest BCUT2D eigenvalue weighted by Gasteiger charge is -2.17. The number of anilines is 1. The number of alkyl halides is 3. The number of aromatic nitrogens is 1. The third-order valence-corrected chi connectivity index (χ3v) is 3.55. The van der Waals surface area contributed by atoms with Gasteiger partial charge in [0, 0.05) is 12.0 Å². The van der Waals surface area contributed by atoms with E-state index < -0.39 is 17.6 Å². The topological polar surface area (TPSA) is 42.0 Å². The highest BCUT2D eigenvalue weighted by atomic mass is 19.4. The number of hydrogen-bond donors (Lipinski definition) is 1. The lowest BCUT2D eigenvalue weighted by molar-refractivity contribution is -0.137. The van der Waals surface area contributed by atoms with Gasteiger partial charge in [0.2, 0.25) is 5.91 Å². The molecule has 1 aliphatic heterocycles. The zero-order valence-corrected chi connectivity index (χ0v) is 11.6. The molecule has 0 saturated heterocycles. The molecule has 0 fully saturated rings. The second kappa shape index (κ2) is 5.44. The first kappa shape index (κ1) is 14.6. The van der Waals surface area contributed by atoms with Gasteiger partial charge in [0.25, 0.3) is 0 Å². The van der Waals surface area contributed by atoms with Crippen LogP contribution in [0.1, 0.15) is 24.1 Å². The van der Waals surface area contributed by atoms with Crippen molar-refractivity contribution in [1.82, 2.24) is 4.98 Å². The molecule has 3 rings (SSSR count). The second-order valence-corrected chi connectivity index (χ2v) is 5.14. The lowest BCUT2D eigenvalue weighted by atomic mass is 10.0. The van der Waals surface area contributed by atoms with Crippen molar-refractivity contribution in [3.8, 4) is 11.3 Å². The van der Waals surface area contributed by atoms with Crippen LogP contribution in [0.2, 0.25) is 0 Å². The molecule has 2 heterocycles. The van der Waals surface area contributed by atoms with E-state index in [-0.39, 0.29) is 17.8 Å². The number of halogens is 3. The van der Waals surface area contributed by atoms with Gasteiger partial charge in [-0.25, -0.2) is 0 Å². The van der Waals surface area contributed by atoms with Crippen LogP contribution in [-0.4, -0.2) is 10.9 Å². The number of fused-ring (bicyclic) bond motifs is 1. The fourth-order valence-electron chi connectivity index (χ4n) is 2.52. The van der Waals surface area contributed by atoms with E-state index in [4.69, 9.17) is 0 Å². The van der Waals surface area contributed by atoms with Crippen molar-refractivity contribution in [1.29, 1.82) is 0 Å². The molecule has 6 heteroatoms. The quantitative estimate of drug-likeness (QED) is 0.864. The highest BCUT2D eigenvalue weighted by Crippen LogP contribution is 2.39. The predicted octanol–water partition coefficient (Wildman–Crippen LogP) is 4.04. The molecule has 0 unspecified atom stereocenters. The molecular weight excluding hydrogens is 293 g/mol. The van der Waals surface area contributed by atoms with Gasteiger partial charge in [-0.2, -0.15) is 13.2 Å². The Bertz CT molecular complexity index is 711. The number of aryl methyl sites for hydroxylation is 1. The smallest absolute Gasteiger partial charge is 0.324 e. The van der Waals surface area contributed by atoms with Crippen molar-refractivity contribution < 1.29 is 18.0 Å². The molecule has 1 aliphatic rings. The summed E-state index contributed by atoms with van der Waals surface area (Å²) in [6, 6.07) is 9.71. The van der Waals surface area contributed by atoms with Crippen molar-refractivity contribution in [3.05, 3.63) is 47.7 Å². The van der Waals surface area contributed by atoms with E-state index in [0.29, 0.717) is 24.1 Å². The summed E-state index contributed by atoms with van der Waals surface area (Å²) >= 11 is 0. The summed E-state index contributed by atoms with van der Waals surface area (Å²) in [6.07, 6.45) is -3.51. The Balaban J connectivity index is 2.20. The summed E-state index contributed by atoms with van der Waals surface area (Å²) in [5, 5.41) is 2.35. The Morgan fingerprint density at radius 3 is 2.50 bits per heavy atom. The molecule has 0 saturated carbocycles. The van der Waals surface area contributed by atoms with E-state index in [2.05, 4.69) is 10.3 Å². The average molecular weight is 306 g/mol. The van der Waals surface area contributed by atoms with Crippen LogP contribution in [0.15, 0.2) is 36.4 Å². The summed E-state index contributed by atoms with van der Waals surface area (Å²) in [5.74, 6) is -0.404. The zero-order chi connectivity index (χ0) is 15.7. The van der Waals surface area contributed by atoms with E-state index in [1.54, 1.807) is 30.3 Å². The minimum atomic E-state index is -4.55. The predicted molar refractivity (Wildman–Crippen MR) is 76.2 cm³/mol. The Hall–Kier alpha value is -2.37. The van der Waals surface area contributed by atoms with Crippen LogP contribution in [0, 0.1) is 0 Å². The van der Waals surface area contributed by atoms with Crippen molar-refractivity contribution >= 4 is 11.6 Å². The van der Waals surface area contributed by atoms with Crippen molar-refractivity contribution in [2.75, 3.05) is 5.32 Å². The largest absolute Gasteiger partial charge is 0.418 e. The molecule has 114 valence electrons. The summed E-state index contributed by atoms with van der Waals surface area (Å²) in [7, 11) is 0. The summed E-state index contributed by atoms with van der Waals surface area (Å²) < 4.78 is 40.1. The molecular formula is C16H13F3N2O. The maximum absolute atomic E-state index is 13.4. The normalized spacial score (nSPS) is 15.0. The number of hydrogen-bond acceptors (Lipinski definition) is 2. The molecule has 0 bridgehead atoms. The molecule has 22 heavy (non-hydrogen) atoms. The van der Waals surface area contributed by atoms with Gasteiger partial charge < -0.3 is 5.32 Å². The molecule has 0 radical (unpaired) electrons. The van der Waals surface area contributed by atoms with Gasteiger partial charge in [-0.15, -0.1) is 0 Å². The monoisotopic (exact) mass is 306 g/mol. The van der Waals surface area contributed by atoms with E-state index in [1.807, 2.05) is 0 Å². The summed E-state index contributed by atoms with van der Waals surface area (Å²) in [6.45, 7) is 0. The number of nitrogens with zero attached hydrogens (tertiary/aromatic N) is 1. The maximum Gasteiger partial charge on any atom is 0.418 e. The number of pyridine rings is 1. The third-order valence-electron chi connectivity index (χ3n) is 3.55. The van der Waals surface area contributed by atoms with Crippen LogP contribution in [0.5, 0.6) is 0 Å². The molecule has 0 spiro atoms. The minimum Gasteiger partial charge on any atom is -0.324 e. The molecule has 2 aromatic rings. The summed E-state index contributed by atoms with van der Waals surface area (Å²) in [4.78, 5) is 15.9. The fraction of sp³-hybridized carbons (Fsp3) is 0.250. The molecule has 1 amide bonds. The van der Waals surface area contributed by atoms with Gasteiger partial charge in [-0.1, -0.05) is 30.3 Å². The standard InChI is InChI=1S/C16H13F3N2O/c17-16(18,19)11-9-13(10-5-2-1-3-6-10)20-12-7-4-8-14(22)21-15(11)12/h1-3,5-6,9H,4,7-8H2,(H,21,22). The number of carbonyl (C=O) groups excluding carboxylic acids is 1. The summed E-state index contributed by atoms with van der Waals surface area (Å²) in [5.41, 5.74) is 0.134. The Morgan fingerprint density at radius 2 is 1.82 bits per heavy atom. The number of rotatable bonds is 1. The highest BCUT2D eigenvalue weighted by molar-refractivity contribution is 5.93. The first-order valence-electron chi connectivity index (χ1n) is 6.91. The second-order valence-electron chi connectivity index (χ2n) is 5.14. The number of benzene rings is 1. The Labute approximate surface area is 125 Å². The van der Waals surface area contributed by atoms with Gasteiger partial charge >= 0.3 is 6.18 Å². The molecule has 1 aromatic carbocycles. The average Bonchev–Trinajstić information content (AvgIpc) is 2.66. The SMILES string of the molecule is O=C1CCCc2nc(-c3ccccc3)cc(C(F)(F)F)c2N1. The first-order chi connectivity index (χ1) is 10.4. The van der Waals surface area contributed by atoms with E-state index in [1.165, 1.54) is 0 Å². The number of nitrogens with one attached hydrogen (secondary N) is 1. The molecule has 0 atom stereocenters. The third kappa shape index (κ3) is 2.81. The lowest BCUT2D eigenvalue weighted by Crippen LogP contribution is -2.16. The Kier molecular flexibility index (Phi) is 3.60. The maximum atomic E-state index is 13.4. The van der Waals surface area contributed by atoms with Crippen molar-refractivity contribution in [2.45, 2.75) is 25.4 Å². The minimum absolute atomic E-state index is 0.199. The van der Waals surface area contributed by atoms with E-state index >= 15 is 0 Å². The molecule has 0 aliphatic carbocycles. The number of amides is 1. The number of carbonyl (C=O) groups is 1. The van der Waals surface area contributed by atoms with E-state index in [0.717, 1.165) is 6.07 Å². The van der Waals surface area contributed by atoms with Gasteiger partial charge in [0.1, 0.15) is 0 Å². The van der Waals surface area contributed by atoms with Crippen LogP contribution in [-0.2, 0) is 17.4 Å². The molecule has 1 N–H and O–H groups in total. The van der Waals surface area contributed by atoms with E-state index in [9.17, 15) is 18.0 Å².